The Hall–Kier alpha value is -0.650. The smallest absolute Gasteiger partial charge is 0.220 e. The normalized spacial score (nSPS) is 23.8. The van der Waals surface area contributed by atoms with E-state index in [0.29, 0.717) is 25.7 Å². The highest BCUT2D eigenvalue weighted by atomic mass is 16.5. The van der Waals surface area contributed by atoms with E-state index < -0.39 is 0 Å². The minimum Gasteiger partial charge on any atom is -0.383 e. The number of carbonyl (C=O) groups excluding carboxylic acids is 1. The van der Waals surface area contributed by atoms with Crippen molar-refractivity contribution in [2.45, 2.75) is 25.3 Å². The molecular formula is C13H24N2O3. The van der Waals surface area contributed by atoms with Gasteiger partial charge in [0, 0.05) is 27.2 Å². The lowest BCUT2D eigenvalue weighted by Gasteiger charge is -2.41. The van der Waals surface area contributed by atoms with E-state index in [0.717, 1.165) is 32.5 Å². The van der Waals surface area contributed by atoms with E-state index in [1.54, 1.807) is 14.2 Å². The largest absolute Gasteiger partial charge is 0.383 e. The van der Waals surface area contributed by atoms with Crippen LogP contribution in [0.3, 0.4) is 0 Å². The third-order valence-electron chi connectivity index (χ3n) is 4.29. The fourth-order valence-corrected chi connectivity index (χ4v) is 3.11. The van der Waals surface area contributed by atoms with Crippen LogP contribution in [-0.2, 0) is 14.3 Å². The zero-order valence-electron chi connectivity index (χ0n) is 11.4. The van der Waals surface area contributed by atoms with Gasteiger partial charge in [0.1, 0.15) is 0 Å². The molecule has 5 nitrogen and oxygen atoms in total. The van der Waals surface area contributed by atoms with Crippen molar-refractivity contribution in [3.8, 4) is 0 Å². The standard InChI is InChI=1S/C13H24N2O3/c1-17-8-11(9-18-2)15-5-3-13(4-6-15)7-12(16)14-10-13/h11H,3-10H2,1-2H3,(H,14,16). The molecule has 0 atom stereocenters. The fourth-order valence-electron chi connectivity index (χ4n) is 3.11. The molecule has 2 fully saturated rings. The summed E-state index contributed by atoms with van der Waals surface area (Å²) in [7, 11) is 3.46. The van der Waals surface area contributed by atoms with Gasteiger partial charge in [-0.05, 0) is 31.3 Å². The average Bonchev–Trinajstić information content (AvgIpc) is 2.72. The van der Waals surface area contributed by atoms with Crippen LogP contribution < -0.4 is 5.32 Å². The first-order valence-electron chi connectivity index (χ1n) is 6.68. The van der Waals surface area contributed by atoms with E-state index in [1.807, 2.05) is 0 Å². The summed E-state index contributed by atoms with van der Waals surface area (Å²) in [5.41, 5.74) is 0.221. The molecule has 1 amide bonds. The van der Waals surface area contributed by atoms with Crippen LogP contribution in [0, 0.1) is 5.41 Å². The summed E-state index contributed by atoms with van der Waals surface area (Å²) in [4.78, 5) is 13.8. The van der Waals surface area contributed by atoms with Gasteiger partial charge in [0.2, 0.25) is 5.91 Å². The van der Waals surface area contributed by atoms with Crippen molar-refractivity contribution in [2.75, 3.05) is 47.1 Å². The van der Waals surface area contributed by atoms with Gasteiger partial charge in [0.05, 0.1) is 19.3 Å². The third kappa shape index (κ3) is 3.02. The second-order valence-electron chi connectivity index (χ2n) is 5.55. The molecule has 18 heavy (non-hydrogen) atoms. The maximum Gasteiger partial charge on any atom is 0.220 e. The molecule has 0 aromatic heterocycles. The molecule has 1 N–H and O–H groups in total. The van der Waals surface area contributed by atoms with Crippen LogP contribution in [-0.4, -0.2) is 63.9 Å². The van der Waals surface area contributed by atoms with Gasteiger partial charge in [-0.15, -0.1) is 0 Å². The number of ether oxygens (including phenoxy) is 2. The predicted molar refractivity (Wildman–Crippen MR) is 68.4 cm³/mol. The summed E-state index contributed by atoms with van der Waals surface area (Å²) < 4.78 is 10.5. The fraction of sp³-hybridized carbons (Fsp3) is 0.923. The maximum atomic E-state index is 11.4. The van der Waals surface area contributed by atoms with Crippen LogP contribution in [0.1, 0.15) is 19.3 Å². The summed E-state index contributed by atoms with van der Waals surface area (Å²) in [6.07, 6.45) is 2.89. The summed E-state index contributed by atoms with van der Waals surface area (Å²) >= 11 is 0. The zero-order valence-corrected chi connectivity index (χ0v) is 11.4. The number of hydrogen-bond donors (Lipinski definition) is 1. The van der Waals surface area contributed by atoms with Crippen molar-refractivity contribution in [3.63, 3.8) is 0 Å². The average molecular weight is 256 g/mol. The van der Waals surface area contributed by atoms with Crippen molar-refractivity contribution in [1.29, 1.82) is 0 Å². The summed E-state index contributed by atoms with van der Waals surface area (Å²) in [5, 5.41) is 2.97. The predicted octanol–water partition coefficient (Wildman–Crippen LogP) is 0.250. The summed E-state index contributed by atoms with van der Waals surface area (Å²) in [6, 6.07) is 0.336. The van der Waals surface area contributed by atoms with Crippen LogP contribution in [0.4, 0.5) is 0 Å². The molecule has 0 bridgehead atoms. The zero-order chi connectivity index (χ0) is 13.0. The molecule has 5 heteroatoms. The highest BCUT2D eigenvalue weighted by molar-refractivity contribution is 5.79. The van der Waals surface area contributed by atoms with E-state index in [1.165, 1.54) is 0 Å². The lowest BCUT2D eigenvalue weighted by molar-refractivity contribution is -0.120. The Morgan fingerprint density at radius 1 is 1.28 bits per heavy atom. The van der Waals surface area contributed by atoms with Gasteiger partial charge in [-0.3, -0.25) is 9.69 Å². The van der Waals surface area contributed by atoms with Gasteiger partial charge in [-0.25, -0.2) is 0 Å². The van der Waals surface area contributed by atoms with E-state index in [-0.39, 0.29) is 11.3 Å². The quantitative estimate of drug-likeness (QED) is 0.766. The first kappa shape index (κ1) is 13.8. The van der Waals surface area contributed by atoms with Crippen molar-refractivity contribution in [3.05, 3.63) is 0 Å². The Labute approximate surface area is 109 Å². The highest BCUT2D eigenvalue weighted by Gasteiger charge is 2.41. The molecule has 0 unspecified atom stereocenters. The minimum absolute atomic E-state index is 0.216. The number of piperidine rings is 1. The van der Waals surface area contributed by atoms with Crippen LogP contribution in [0.25, 0.3) is 0 Å². The maximum absolute atomic E-state index is 11.4. The lowest BCUT2D eigenvalue weighted by Crippen LogP contribution is -2.49. The van der Waals surface area contributed by atoms with Gasteiger partial charge < -0.3 is 14.8 Å². The summed E-state index contributed by atoms with van der Waals surface area (Å²) in [5.74, 6) is 0.216. The molecule has 2 rings (SSSR count). The summed E-state index contributed by atoms with van der Waals surface area (Å²) in [6.45, 7) is 4.34. The number of rotatable bonds is 5. The van der Waals surface area contributed by atoms with Crippen LogP contribution in [0.15, 0.2) is 0 Å². The lowest BCUT2D eigenvalue weighted by atomic mass is 9.77. The minimum atomic E-state index is 0.216. The Kier molecular flexibility index (Phi) is 4.59. The highest BCUT2D eigenvalue weighted by Crippen LogP contribution is 2.37. The molecule has 2 heterocycles. The molecule has 0 saturated carbocycles. The van der Waals surface area contributed by atoms with Crippen LogP contribution in [0.2, 0.25) is 0 Å². The third-order valence-corrected chi connectivity index (χ3v) is 4.29. The van der Waals surface area contributed by atoms with Crippen molar-refractivity contribution in [1.82, 2.24) is 10.2 Å². The van der Waals surface area contributed by atoms with Gasteiger partial charge in [0.15, 0.2) is 0 Å². The SMILES string of the molecule is COCC(COC)N1CCC2(CC1)CNC(=O)C2. The molecule has 2 saturated heterocycles. The number of carbonyl (C=O) groups is 1. The molecule has 1 spiro atoms. The molecule has 0 aliphatic carbocycles. The Morgan fingerprint density at radius 3 is 2.33 bits per heavy atom. The monoisotopic (exact) mass is 256 g/mol. The van der Waals surface area contributed by atoms with Gasteiger partial charge >= 0.3 is 0 Å². The number of hydrogen-bond acceptors (Lipinski definition) is 4. The molecule has 2 aliphatic rings. The van der Waals surface area contributed by atoms with E-state index in [2.05, 4.69) is 10.2 Å². The number of amides is 1. The number of methoxy groups -OCH3 is 2. The molecule has 0 aromatic rings. The first-order chi connectivity index (χ1) is 8.69. The molecule has 0 aromatic carbocycles. The van der Waals surface area contributed by atoms with Gasteiger partial charge in [0.25, 0.3) is 0 Å². The number of nitrogens with zero attached hydrogens (tertiary/aromatic N) is 1. The van der Waals surface area contributed by atoms with Crippen molar-refractivity contribution in [2.24, 2.45) is 5.41 Å². The van der Waals surface area contributed by atoms with Crippen molar-refractivity contribution >= 4 is 5.91 Å². The Balaban J connectivity index is 1.86. The van der Waals surface area contributed by atoms with Gasteiger partial charge in [-0.2, -0.15) is 0 Å². The van der Waals surface area contributed by atoms with Crippen molar-refractivity contribution < 1.29 is 14.3 Å². The van der Waals surface area contributed by atoms with E-state index in [9.17, 15) is 4.79 Å². The molecule has 104 valence electrons. The Bertz CT molecular complexity index is 282. The van der Waals surface area contributed by atoms with E-state index >= 15 is 0 Å². The second kappa shape index (κ2) is 5.99. The Morgan fingerprint density at radius 2 is 1.89 bits per heavy atom. The molecule has 0 radical (unpaired) electrons. The first-order valence-corrected chi connectivity index (χ1v) is 6.68. The molecular weight excluding hydrogens is 232 g/mol. The molecule has 2 aliphatic heterocycles. The van der Waals surface area contributed by atoms with Gasteiger partial charge in [-0.1, -0.05) is 0 Å². The second-order valence-corrected chi connectivity index (χ2v) is 5.55. The van der Waals surface area contributed by atoms with Crippen LogP contribution in [0.5, 0.6) is 0 Å². The topological polar surface area (TPSA) is 50.8 Å². The van der Waals surface area contributed by atoms with Crippen LogP contribution >= 0.6 is 0 Å². The number of likely N-dealkylation sites (tertiary alicyclic amines) is 1. The van der Waals surface area contributed by atoms with E-state index in [4.69, 9.17) is 9.47 Å². The number of nitrogens with one attached hydrogen (secondary N) is 1.